The molecule has 104 valence electrons. The van der Waals surface area contributed by atoms with Crippen LogP contribution in [0.4, 0.5) is 0 Å². The molecule has 0 bridgehead atoms. The highest BCUT2D eigenvalue weighted by molar-refractivity contribution is 9.10. The topological polar surface area (TPSA) is 26.3 Å². The molecule has 0 aliphatic heterocycles. The standard InChI is InChI=1S/C17H17BrO2/c18-16-10-5-4-9-15(16)13-20-12-6-11-17(19)14-7-2-1-3-8-14/h1-5,7-10H,6,11-13H2. The zero-order chi connectivity index (χ0) is 14.2. The van der Waals surface area contributed by atoms with Crippen molar-refractivity contribution in [3.05, 3.63) is 70.2 Å². The van der Waals surface area contributed by atoms with Gasteiger partial charge in [0.05, 0.1) is 6.61 Å². The second-order valence-corrected chi connectivity index (χ2v) is 5.39. The van der Waals surface area contributed by atoms with Crippen LogP contribution >= 0.6 is 15.9 Å². The molecule has 0 heterocycles. The minimum Gasteiger partial charge on any atom is -0.377 e. The van der Waals surface area contributed by atoms with Gasteiger partial charge in [-0.2, -0.15) is 0 Å². The lowest BCUT2D eigenvalue weighted by Gasteiger charge is -2.06. The summed E-state index contributed by atoms with van der Waals surface area (Å²) in [6, 6.07) is 17.4. The van der Waals surface area contributed by atoms with Gasteiger partial charge in [0.1, 0.15) is 0 Å². The molecule has 0 atom stereocenters. The van der Waals surface area contributed by atoms with Gasteiger partial charge in [-0.15, -0.1) is 0 Å². The summed E-state index contributed by atoms with van der Waals surface area (Å²) in [5, 5.41) is 0. The molecule has 0 saturated heterocycles. The maximum atomic E-state index is 11.9. The van der Waals surface area contributed by atoms with Crippen LogP contribution < -0.4 is 0 Å². The second-order valence-electron chi connectivity index (χ2n) is 4.54. The summed E-state index contributed by atoms with van der Waals surface area (Å²) >= 11 is 3.49. The number of Topliss-reactive ketones (excluding diaryl/α,β-unsaturated/α-hetero) is 1. The number of carbonyl (C=O) groups excluding carboxylic acids is 1. The molecule has 0 fully saturated rings. The summed E-state index contributed by atoms with van der Waals surface area (Å²) in [4.78, 5) is 11.9. The summed E-state index contributed by atoms with van der Waals surface area (Å²) in [6.45, 7) is 1.17. The summed E-state index contributed by atoms with van der Waals surface area (Å²) in [6.07, 6.45) is 1.28. The first-order valence-electron chi connectivity index (χ1n) is 6.67. The molecule has 0 radical (unpaired) electrons. The van der Waals surface area contributed by atoms with Crippen molar-refractivity contribution in [1.29, 1.82) is 0 Å². The van der Waals surface area contributed by atoms with Crippen LogP contribution in [-0.4, -0.2) is 12.4 Å². The SMILES string of the molecule is O=C(CCCOCc1ccccc1Br)c1ccccc1. The Morgan fingerprint density at radius 1 is 1.00 bits per heavy atom. The summed E-state index contributed by atoms with van der Waals surface area (Å²) < 4.78 is 6.66. The van der Waals surface area contributed by atoms with Crippen molar-refractivity contribution in [3.63, 3.8) is 0 Å². The minimum atomic E-state index is 0.176. The predicted molar refractivity (Wildman–Crippen MR) is 83.8 cm³/mol. The van der Waals surface area contributed by atoms with E-state index in [1.54, 1.807) is 0 Å². The molecule has 2 nitrogen and oxygen atoms in total. The van der Waals surface area contributed by atoms with Gasteiger partial charge in [-0.05, 0) is 18.1 Å². The summed E-state index contributed by atoms with van der Waals surface area (Å²) in [5.74, 6) is 0.176. The van der Waals surface area contributed by atoms with E-state index in [1.807, 2.05) is 54.6 Å². The molecule has 2 aromatic rings. The van der Waals surface area contributed by atoms with Crippen LogP contribution in [0.5, 0.6) is 0 Å². The lowest BCUT2D eigenvalue weighted by molar-refractivity contribution is 0.0918. The van der Waals surface area contributed by atoms with E-state index in [1.165, 1.54) is 0 Å². The van der Waals surface area contributed by atoms with Crippen LogP contribution in [0.2, 0.25) is 0 Å². The molecule has 0 aromatic heterocycles. The first kappa shape index (κ1) is 14.9. The summed E-state index contributed by atoms with van der Waals surface area (Å²) in [5.41, 5.74) is 1.90. The molecular formula is C17H17BrO2. The molecule has 0 N–H and O–H groups in total. The van der Waals surface area contributed by atoms with E-state index in [4.69, 9.17) is 4.74 Å². The van der Waals surface area contributed by atoms with E-state index in [0.29, 0.717) is 19.6 Å². The Kier molecular flexibility index (Phi) is 5.96. The van der Waals surface area contributed by atoms with Crippen LogP contribution in [0.25, 0.3) is 0 Å². The van der Waals surface area contributed by atoms with E-state index in [0.717, 1.165) is 22.0 Å². The average molecular weight is 333 g/mol. The molecule has 0 aliphatic carbocycles. The van der Waals surface area contributed by atoms with E-state index in [-0.39, 0.29) is 5.78 Å². The fraction of sp³-hybridized carbons (Fsp3) is 0.235. The number of hydrogen-bond acceptors (Lipinski definition) is 2. The van der Waals surface area contributed by atoms with Gasteiger partial charge in [-0.1, -0.05) is 64.5 Å². The summed E-state index contributed by atoms with van der Waals surface area (Å²) in [7, 11) is 0. The van der Waals surface area contributed by atoms with Gasteiger partial charge in [0, 0.05) is 23.1 Å². The zero-order valence-corrected chi connectivity index (χ0v) is 12.8. The number of ketones is 1. The molecular weight excluding hydrogens is 316 g/mol. The van der Waals surface area contributed by atoms with Crippen LogP contribution in [0.15, 0.2) is 59.1 Å². The van der Waals surface area contributed by atoms with Crippen LogP contribution in [0.1, 0.15) is 28.8 Å². The highest BCUT2D eigenvalue weighted by atomic mass is 79.9. The third kappa shape index (κ3) is 4.58. The van der Waals surface area contributed by atoms with Crippen molar-refractivity contribution in [2.45, 2.75) is 19.4 Å². The second kappa shape index (κ2) is 7.98. The van der Waals surface area contributed by atoms with Crippen LogP contribution in [0.3, 0.4) is 0 Å². The highest BCUT2D eigenvalue weighted by Crippen LogP contribution is 2.16. The van der Waals surface area contributed by atoms with Gasteiger partial charge in [-0.25, -0.2) is 0 Å². The molecule has 2 rings (SSSR count). The molecule has 0 saturated carbocycles. The first-order chi connectivity index (χ1) is 9.77. The van der Waals surface area contributed by atoms with Gasteiger partial charge in [0.2, 0.25) is 0 Å². The Balaban J connectivity index is 1.67. The first-order valence-corrected chi connectivity index (χ1v) is 7.46. The smallest absolute Gasteiger partial charge is 0.162 e. The Bertz CT molecular complexity index is 552. The molecule has 20 heavy (non-hydrogen) atoms. The van der Waals surface area contributed by atoms with E-state index in [9.17, 15) is 4.79 Å². The van der Waals surface area contributed by atoms with E-state index < -0.39 is 0 Å². The zero-order valence-electron chi connectivity index (χ0n) is 11.2. The number of halogens is 1. The Morgan fingerprint density at radius 3 is 2.45 bits per heavy atom. The van der Waals surface area contributed by atoms with Crippen molar-refractivity contribution >= 4 is 21.7 Å². The number of ether oxygens (including phenoxy) is 1. The Morgan fingerprint density at radius 2 is 1.70 bits per heavy atom. The van der Waals surface area contributed by atoms with Crippen molar-refractivity contribution in [3.8, 4) is 0 Å². The monoisotopic (exact) mass is 332 g/mol. The van der Waals surface area contributed by atoms with E-state index >= 15 is 0 Å². The molecule has 0 spiro atoms. The van der Waals surface area contributed by atoms with Crippen LogP contribution in [-0.2, 0) is 11.3 Å². The van der Waals surface area contributed by atoms with Gasteiger partial charge in [-0.3, -0.25) is 4.79 Å². The fourth-order valence-corrected chi connectivity index (χ4v) is 2.30. The average Bonchev–Trinajstić information content (AvgIpc) is 2.49. The minimum absolute atomic E-state index is 0.176. The predicted octanol–water partition coefficient (Wildman–Crippen LogP) is 4.63. The largest absolute Gasteiger partial charge is 0.377 e. The number of carbonyl (C=O) groups is 1. The molecule has 0 unspecified atom stereocenters. The van der Waals surface area contributed by atoms with Gasteiger partial charge >= 0.3 is 0 Å². The fourth-order valence-electron chi connectivity index (χ4n) is 1.90. The quantitative estimate of drug-likeness (QED) is 0.545. The van der Waals surface area contributed by atoms with Gasteiger partial charge in [0.25, 0.3) is 0 Å². The maximum absolute atomic E-state index is 11.9. The third-order valence-corrected chi connectivity index (χ3v) is 3.78. The Labute approximate surface area is 127 Å². The number of rotatable bonds is 7. The van der Waals surface area contributed by atoms with Gasteiger partial charge < -0.3 is 4.74 Å². The Hall–Kier alpha value is -1.45. The lowest BCUT2D eigenvalue weighted by atomic mass is 10.1. The number of benzene rings is 2. The van der Waals surface area contributed by atoms with Gasteiger partial charge in [0.15, 0.2) is 5.78 Å². The number of hydrogen-bond donors (Lipinski definition) is 0. The highest BCUT2D eigenvalue weighted by Gasteiger charge is 2.04. The van der Waals surface area contributed by atoms with E-state index in [2.05, 4.69) is 15.9 Å². The lowest BCUT2D eigenvalue weighted by Crippen LogP contribution is -2.02. The molecule has 3 heteroatoms. The van der Waals surface area contributed by atoms with Crippen molar-refractivity contribution < 1.29 is 9.53 Å². The van der Waals surface area contributed by atoms with Crippen molar-refractivity contribution in [2.75, 3.05) is 6.61 Å². The molecule has 0 amide bonds. The van der Waals surface area contributed by atoms with Crippen molar-refractivity contribution in [2.24, 2.45) is 0 Å². The molecule has 0 aliphatic rings. The third-order valence-electron chi connectivity index (χ3n) is 3.00. The van der Waals surface area contributed by atoms with Crippen molar-refractivity contribution in [1.82, 2.24) is 0 Å². The maximum Gasteiger partial charge on any atom is 0.162 e. The molecule has 2 aromatic carbocycles. The van der Waals surface area contributed by atoms with Crippen LogP contribution in [0, 0.1) is 0 Å². The normalized spacial score (nSPS) is 10.4.